The molecule has 11 nitrogen and oxygen atoms in total. The van der Waals surface area contributed by atoms with Crippen molar-refractivity contribution in [3.05, 3.63) is 63.4 Å². The lowest BCUT2D eigenvalue weighted by molar-refractivity contribution is 0.454. The Labute approximate surface area is 181 Å². The van der Waals surface area contributed by atoms with Gasteiger partial charge in [0.25, 0.3) is 0 Å². The highest BCUT2D eigenvalue weighted by molar-refractivity contribution is 7.89. The maximum Gasteiger partial charge on any atom is 0.326 e. The van der Waals surface area contributed by atoms with Crippen LogP contribution < -0.4 is 21.1 Å². The van der Waals surface area contributed by atoms with Crippen LogP contribution in [0.3, 0.4) is 0 Å². The lowest BCUT2D eigenvalue weighted by atomic mass is 10.1. The van der Waals surface area contributed by atoms with Crippen molar-refractivity contribution in [1.29, 1.82) is 0 Å². The molecule has 0 aliphatic heterocycles. The van der Waals surface area contributed by atoms with E-state index in [4.69, 9.17) is 4.99 Å². The van der Waals surface area contributed by atoms with E-state index in [0.717, 1.165) is 12.8 Å². The van der Waals surface area contributed by atoms with E-state index in [2.05, 4.69) is 24.8 Å². The van der Waals surface area contributed by atoms with Crippen molar-refractivity contribution in [2.45, 2.75) is 23.8 Å². The van der Waals surface area contributed by atoms with Crippen molar-refractivity contribution in [3.8, 4) is 17.1 Å². The van der Waals surface area contributed by atoms with E-state index in [1.54, 1.807) is 41.1 Å². The third kappa shape index (κ3) is 3.69. The molecule has 1 aromatic carbocycles. The number of rotatable bonds is 5. The Morgan fingerprint density at radius 2 is 2.09 bits per heavy atom. The van der Waals surface area contributed by atoms with Gasteiger partial charge >= 0.3 is 5.69 Å². The van der Waals surface area contributed by atoms with E-state index in [1.807, 2.05) is 0 Å². The smallest absolute Gasteiger partial charge is 0.326 e. The number of aromatic amines is 2. The number of fused-ring (bicyclic) bond motifs is 1. The summed E-state index contributed by atoms with van der Waals surface area (Å²) in [6.45, 7) is 0. The maximum atomic E-state index is 12.2. The Morgan fingerprint density at radius 1 is 1.28 bits per heavy atom. The first-order chi connectivity index (χ1) is 15.3. The topological polar surface area (TPSA) is 158 Å². The number of sulfonamides is 1. The summed E-state index contributed by atoms with van der Waals surface area (Å²) in [5.74, 6) is -0.293. The Bertz CT molecular complexity index is 1630. The Hall–Kier alpha value is -3.77. The molecule has 32 heavy (non-hydrogen) atoms. The van der Waals surface area contributed by atoms with Gasteiger partial charge in [0.15, 0.2) is 11.1 Å². The first-order valence-corrected chi connectivity index (χ1v) is 11.3. The first kappa shape index (κ1) is 20.2. The average molecular weight is 453 g/mol. The molecule has 0 spiro atoms. The predicted octanol–water partition coefficient (Wildman–Crippen LogP) is -0.363. The number of nitrogens with zero attached hydrogens (tertiary/aromatic N) is 4. The molecular weight excluding hydrogens is 434 g/mol. The van der Waals surface area contributed by atoms with Crippen LogP contribution >= 0.6 is 0 Å². The summed E-state index contributed by atoms with van der Waals surface area (Å²) >= 11 is 0. The molecule has 0 saturated heterocycles. The zero-order valence-electron chi connectivity index (χ0n) is 16.9. The van der Waals surface area contributed by atoms with E-state index in [1.165, 1.54) is 13.1 Å². The van der Waals surface area contributed by atoms with E-state index < -0.39 is 15.7 Å². The predicted molar refractivity (Wildman–Crippen MR) is 115 cm³/mol. The fourth-order valence-corrected chi connectivity index (χ4v) is 4.06. The average Bonchev–Trinajstić information content (AvgIpc) is 3.42. The highest BCUT2D eigenvalue weighted by Gasteiger charge is 2.21. The van der Waals surface area contributed by atoms with Gasteiger partial charge in [0.05, 0.1) is 22.8 Å². The summed E-state index contributed by atoms with van der Waals surface area (Å²) in [6.07, 6.45) is 5.10. The fraction of sp³-hybridized carbons (Fsp3) is 0.200. The van der Waals surface area contributed by atoms with Gasteiger partial charge in [-0.05, 0) is 38.1 Å². The van der Waals surface area contributed by atoms with Crippen LogP contribution in [0.1, 0.15) is 18.5 Å². The minimum absolute atomic E-state index is 0.120. The van der Waals surface area contributed by atoms with Gasteiger partial charge in [-0.2, -0.15) is 9.61 Å². The van der Waals surface area contributed by atoms with E-state index in [9.17, 15) is 18.3 Å². The van der Waals surface area contributed by atoms with Gasteiger partial charge in [-0.3, -0.25) is 9.98 Å². The summed E-state index contributed by atoms with van der Waals surface area (Å²) < 4.78 is 28.4. The number of imidazole rings is 1. The summed E-state index contributed by atoms with van der Waals surface area (Å²) in [5, 5.41) is 14.8. The Morgan fingerprint density at radius 3 is 2.78 bits per heavy atom. The molecule has 0 atom stereocenters. The van der Waals surface area contributed by atoms with Crippen molar-refractivity contribution in [2.24, 2.45) is 4.99 Å². The lowest BCUT2D eigenvalue weighted by Crippen LogP contribution is -2.20. The SMILES string of the molecule is CNS(=O)(=O)c1cccc(-c2cc(=NC3CC3)n3nc/c(=C\c4[nH]c(=O)[nH]c4O)c3n2)c1. The highest BCUT2D eigenvalue weighted by Crippen LogP contribution is 2.23. The van der Waals surface area contributed by atoms with Crippen LogP contribution in [0.4, 0.5) is 0 Å². The number of aromatic hydroxyl groups is 1. The maximum absolute atomic E-state index is 12.2. The molecule has 3 heterocycles. The molecule has 3 aromatic heterocycles. The van der Waals surface area contributed by atoms with Gasteiger partial charge in [0.2, 0.25) is 15.9 Å². The van der Waals surface area contributed by atoms with Gasteiger partial charge in [-0.25, -0.2) is 22.9 Å². The van der Waals surface area contributed by atoms with Crippen LogP contribution in [-0.2, 0) is 10.0 Å². The quantitative estimate of drug-likeness (QED) is 0.323. The number of nitrogens with one attached hydrogen (secondary N) is 3. The van der Waals surface area contributed by atoms with Crippen molar-refractivity contribution in [2.75, 3.05) is 7.05 Å². The standard InChI is InChI=1S/C20H19N7O4S/c1-21-32(30,31)14-4-2-3-11(7-14)15-9-17(23-13-5-6-13)27-18(24-15)12(10-22-27)8-16-19(28)26-20(29)25-16/h2-4,7-10,13,21,28H,5-6H2,1H3,(H2,25,26,29)/b12-8+,23-17?. The number of aromatic nitrogens is 5. The summed E-state index contributed by atoms with van der Waals surface area (Å²) in [7, 11) is -2.27. The van der Waals surface area contributed by atoms with Gasteiger partial charge in [0.1, 0.15) is 5.69 Å². The number of H-pyrrole nitrogens is 2. The molecule has 0 unspecified atom stereocenters. The minimum atomic E-state index is -3.62. The number of hydrogen-bond acceptors (Lipinski definition) is 7. The Balaban J connectivity index is 1.76. The van der Waals surface area contributed by atoms with Gasteiger partial charge < -0.3 is 10.1 Å². The third-order valence-electron chi connectivity index (χ3n) is 5.09. The summed E-state index contributed by atoms with van der Waals surface area (Å²) in [5.41, 5.74) is 1.81. The fourth-order valence-electron chi connectivity index (χ4n) is 3.28. The van der Waals surface area contributed by atoms with E-state index in [0.29, 0.717) is 27.6 Å². The molecule has 1 aliphatic rings. The molecule has 4 N–H and O–H groups in total. The van der Waals surface area contributed by atoms with Crippen LogP contribution in [-0.4, -0.2) is 51.2 Å². The molecule has 1 aliphatic carbocycles. The molecule has 1 saturated carbocycles. The van der Waals surface area contributed by atoms with Crippen molar-refractivity contribution < 1.29 is 13.5 Å². The van der Waals surface area contributed by atoms with Gasteiger partial charge in [0, 0.05) is 16.8 Å². The largest absolute Gasteiger partial charge is 0.493 e. The third-order valence-corrected chi connectivity index (χ3v) is 6.50. The van der Waals surface area contributed by atoms with Crippen LogP contribution in [0.5, 0.6) is 5.88 Å². The molecule has 4 aromatic rings. The number of benzene rings is 1. The van der Waals surface area contributed by atoms with Crippen LogP contribution in [0.25, 0.3) is 23.0 Å². The second kappa shape index (κ2) is 7.43. The van der Waals surface area contributed by atoms with E-state index in [-0.39, 0.29) is 22.5 Å². The molecule has 5 rings (SSSR count). The molecule has 0 bridgehead atoms. The highest BCUT2D eigenvalue weighted by atomic mass is 32.2. The molecule has 164 valence electrons. The van der Waals surface area contributed by atoms with Gasteiger partial charge in [-0.1, -0.05) is 12.1 Å². The first-order valence-electron chi connectivity index (χ1n) is 9.83. The summed E-state index contributed by atoms with van der Waals surface area (Å²) in [6, 6.07) is 8.45. The Kier molecular flexibility index (Phi) is 4.68. The van der Waals surface area contributed by atoms with Crippen LogP contribution in [0.15, 0.2) is 51.2 Å². The van der Waals surface area contributed by atoms with Crippen molar-refractivity contribution >= 4 is 21.7 Å². The summed E-state index contributed by atoms with van der Waals surface area (Å²) in [4.78, 5) is 25.8. The molecule has 12 heteroatoms. The van der Waals surface area contributed by atoms with Gasteiger partial charge in [-0.15, -0.1) is 0 Å². The zero-order chi connectivity index (χ0) is 22.5. The van der Waals surface area contributed by atoms with Crippen molar-refractivity contribution in [3.63, 3.8) is 0 Å². The molecular formula is C20H19N7O4S. The molecule has 0 amide bonds. The van der Waals surface area contributed by atoms with Crippen LogP contribution in [0.2, 0.25) is 0 Å². The van der Waals surface area contributed by atoms with Crippen LogP contribution in [0, 0.1) is 0 Å². The monoisotopic (exact) mass is 453 g/mol. The second-order valence-electron chi connectivity index (χ2n) is 7.42. The minimum Gasteiger partial charge on any atom is -0.493 e. The zero-order valence-corrected chi connectivity index (χ0v) is 17.7. The second-order valence-corrected chi connectivity index (χ2v) is 9.30. The van der Waals surface area contributed by atoms with E-state index >= 15 is 0 Å². The molecule has 0 radical (unpaired) electrons. The number of hydrogen-bond donors (Lipinski definition) is 4. The van der Waals surface area contributed by atoms with Crippen molar-refractivity contribution in [1.82, 2.24) is 29.3 Å². The normalized spacial score (nSPS) is 15.7. The molecule has 1 fully saturated rings. The lowest BCUT2D eigenvalue weighted by Gasteiger charge is -2.06.